The summed E-state index contributed by atoms with van der Waals surface area (Å²) in [6.07, 6.45) is 0. The lowest BCUT2D eigenvalue weighted by Crippen LogP contribution is -2.21. The van der Waals surface area contributed by atoms with Crippen molar-refractivity contribution in [3.8, 4) is 0 Å². The summed E-state index contributed by atoms with van der Waals surface area (Å²) in [6, 6.07) is 8.22. The van der Waals surface area contributed by atoms with Crippen LogP contribution in [0.5, 0.6) is 0 Å². The number of hydrogen-bond donors (Lipinski definition) is 0. The quantitative estimate of drug-likeness (QED) is 0.793. The Kier molecular flexibility index (Phi) is 4.32. The van der Waals surface area contributed by atoms with Gasteiger partial charge in [0.05, 0.1) is 6.04 Å². The van der Waals surface area contributed by atoms with Crippen LogP contribution in [0.3, 0.4) is 0 Å². The van der Waals surface area contributed by atoms with Gasteiger partial charge in [0.1, 0.15) is 5.38 Å². The predicted molar refractivity (Wildman–Crippen MR) is 76.8 cm³/mol. The highest BCUT2D eigenvalue weighted by Crippen LogP contribution is 2.27. The fraction of sp³-hybridized carbons (Fsp3) is 0.385. The maximum absolute atomic E-state index is 5.91. The molecular weight excluding hydrogens is 285 g/mol. The molecule has 0 radical (unpaired) electrons. The Morgan fingerprint density at radius 3 is 2.32 bits per heavy atom. The van der Waals surface area contributed by atoms with E-state index in [2.05, 4.69) is 17.1 Å². The number of benzene rings is 1. The van der Waals surface area contributed by atoms with Crippen molar-refractivity contribution in [2.75, 3.05) is 11.9 Å². The molecule has 0 saturated heterocycles. The second-order valence-corrected chi connectivity index (χ2v) is 5.47. The molecule has 0 aliphatic carbocycles. The van der Waals surface area contributed by atoms with E-state index in [-0.39, 0.29) is 11.4 Å². The summed E-state index contributed by atoms with van der Waals surface area (Å²) in [5.74, 6) is 0.423. The lowest BCUT2D eigenvalue weighted by atomic mass is 10.1. The molecule has 1 aromatic carbocycles. The Hall–Kier alpha value is -1.26. The van der Waals surface area contributed by atoms with Crippen LogP contribution in [0.1, 0.15) is 36.7 Å². The van der Waals surface area contributed by atoms with E-state index in [9.17, 15) is 0 Å². The van der Waals surface area contributed by atoms with E-state index in [1.807, 2.05) is 36.2 Å². The Balaban J connectivity index is 2.17. The van der Waals surface area contributed by atoms with Gasteiger partial charge in [-0.2, -0.15) is 0 Å². The summed E-state index contributed by atoms with van der Waals surface area (Å²) >= 11 is 11.8. The molecule has 6 heteroatoms. The summed E-state index contributed by atoms with van der Waals surface area (Å²) in [5, 5.41) is 8.34. The molecule has 1 heterocycles. The molecule has 0 fully saturated rings. The number of halogens is 2. The Morgan fingerprint density at radius 1 is 1.16 bits per heavy atom. The van der Waals surface area contributed by atoms with Gasteiger partial charge in [-0.05, 0) is 31.5 Å². The zero-order valence-corrected chi connectivity index (χ0v) is 12.5. The van der Waals surface area contributed by atoms with E-state index in [1.165, 1.54) is 0 Å². The molecule has 4 nitrogen and oxygen atoms in total. The predicted octanol–water partition coefficient (Wildman–Crippen LogP) is 4.22. The number of hydrogen-bond acceptors (Lipinski definition) is 4. The SMILES string of the molecule is CC(Cl)c1nnc(N(C)C(C)c2ccc(Cl)cc2)o1. The van der Waals surface area contributed by atoms with Crippen LogP contribution < -0.4 is 4.90 Å². The number of anilines is 1. The first-order valence-electron chi connectivity index (χ1n) is 5.95. The summed E-state index contributed by atoms with van der Waals surface area (Å²) in [4.78, 5) is 1.90. The lowest BCUT2D eigenvalue weighted by molar-refractivity contribution is 0.479. The van der Waals surface area contributed by atoms with Crippen LogP contribution in [-0.2, 0) is 0 Å². The fourth-order valence-corrected chi connectivity index (χ4v) is 1.87. The Bertz CT molecular complexity index is 539. The zero-order chi connectivity index (χ0) is 14.0. The van der Waals surface area contributed by atoms with E-state index >= 15 is 0 Å². The maximum atomic E-state index is 5.91. The number of aromatic nitrogens is 2. The van der Waals surface area contributed by atoms with Crippen molar-refractivity contribution < 1.29 is 4.42 Å². The average Bonchev–Trinajstić information content (AvgIpc) is 2.87. The summed E-state index contributed by atoms with van der Waals surface area (Å²) in [6.45, 7) is 3.85. The average molecular weight is 300 g/mol. The van der Waals surface area contributed by atoms with Gasteiger partial charge >= 0.3 is 6.01 Å². The second kappa shape index (κ2) is 5.80. The van der Waals surface area contributed by atoms with Crippen LogP contribution in [0.25, 0.3) is 0 Å². The summed E-state index contributed by atoms with van der Waals surface area (Å²) in [5.41, 5.74) is 1.12. The molecule has 0 amide bonds. The minimum atomic E-state index is -0.291. The van der Waals surface area contributed by atoms with Gasteiger partial charge in [-0.15, -0.1) is 16.7 Å². The number of nitrogens with zero attached hydrogens (tertiary/aromatic N) is 3. The van der Waals surface area contributed by atoms with Crippen LogP contribution >= 0.6 is 23.2 Å². The van der Waals surface area contributed by atoms with Crippen molar-refractivity contribution in [1.82, 2.24) is 10.2 Å². The number of rotatable bonds is 4. The van der Waals surface area contributed by atoms with Crippen LogP contribution in [0.15, 0.2) is 28.7 Å². The molecule has 0 spiro atoms. The topological polar surface area (TPSA) is 42.2 Å². The molecule has 0 aliphatic heterocycles. The molecule has 102 valence electrons. The molecule has 19 heavy (non-hydrogen) atoms. The molecule has 2 rings (SSSR count). The van der Waals surface area contributed by atoms with Crippen molar-refractivity contribution in [3.05, 3.63) is 40.7 Å². The lowest BCUT2D eigenvalue weighted by Gasteiger charge is -2.23. The van der Waals surface area contributed by atoms with Gasteiger partial charge in [-0.1, -0.05) is 28.8 Å². The van der Waals surface area contributed by atoms with Gasteiger partial charge in [0.2, 0.25) is 5.89 Å². The number of alkyl halides is 1. The molecule has 2 aromatic rings. The summed E-state index contributed by atoms with van der Waals surface area (Å²) in [7, 11) is 1.90. The van der Waals surface area contributed by atoms with Crippen molar-refractivity contribution in [1.29, 1.82) is 0 Å². The summed E-state index contributed by atoms with van der Waals surface area (Å²) < 4.78 is 5.52. The van der Waals surface area contributed by atoms with Crippen LogP contribution in [0, 0.1) is 0 Å². The minimum Gasteiger partial charge on any atom is -0.406 e. The Labute approximate surface area is 122 Å². The third kappa shape index (κ3) is 3.19. The smallest absolute Gasteiger partial charge is 0.318 e. The van der Waals surface area contributed by atoms with Crippen LogP contribution in [0.2, 0.25) is 5.02 Å². The van der Waals surface area contributed by atoms with Crippen LogP contribution in [0.4, 0.5) is 6.01 Å². The zero-order valence-electron chi connectivity index (χ0n) is 11.0. The van der Waals surface area contributed by atoms with Gasteiger partial charge in [-0.3, -0.25) is 0 Å². The minimum absolute atomic E-state index is 0.0937. The highest BCUT2D eigenvalue weighted by molar-refractivity contribution is 6.30. The van der Waals surface area contributed by atoms with Gasteiger partial charge in [0.15, 0.2) is 0 Å². The fourth-order valence-electron chi connectivity index (χ4n) is 1.66. The maximum Gasteiger partial charge on any atom is 0.318 e. The van der Waals surface area contributed by atoms with E-state index in [1.54, 1.807) is 6.92 Å². The molecule has 1 aromatic heterocycles. The van der Waals surface area contributed by atoms with Gasteiger partial charge in [0, 0.05) is 12.1 Å². The first-order valence-corrected chi connectivity index (χ1v) is 6.76. The van der Waals surface area contributed by atoms with E-state index < -0.39 is 0 Å². The van der Waals surface area contributed by atoms with E-state index in [0.29, 0.717) is 11.9 Å². The van der Waals surface area contributed by atoms with Crippen LogP contribution in [-0.4, -0.2) is 17.2 Å². The first-order chi connectivity index (χ1) is 8.99. The largest absolute Gasteiger partial charge is 0.406 e. The van der Waals surface area contributed by atoms with E-state index in [0.717, 1.165) is 10.6 Å². The van der Waals surface area contributed by atoms with Gasteiger partial charge in [0.25, 0.3) is 0 Å². The van der Waals surface area contributed by atoms with E-state index in [4.69, 9.17) is 27.6 Å². The molecule has 0 bridgehead atoms. The molecule has 0 saturated carbocycles. The third-order valence-corrected chi connectivity index (χ3v) is 3.44. The van der Waals surface area contributed by atoms with Gasteiger partial charge < -0.3 is 9.32 Å². The molecular formula is C13H15Cl2N3O. The highest BCUT2D eigenvalue weighted by Gasteiger charge is 2.19. The molecule has 0 aliphatic rings. The van der Waals surface area contributed by atoms with Crippen molar-refractivity contribution in [2.24, 2.45) is 0 Å². The van der Waals surface area contributed by atoms with Crippen molar-refractivity contribution in [2.45, 2.75) is 25.3 Å². The molecule has 0 N–H and O–H groups in total. The first kappa shape index (κ1) is 14.2. The van der Waals surface area contributed by atoms with Crippen molar-refractivity contribution in [3.63, 3.8) is 0 Å². The second-order valence-electron chi connectivity index (χ2n) is 4.38. The van der Waals surface area contributed by atoms with Crippen molar-refractivity contribution >= 4 is 29.2 Å². The van der Waals surface area contributed by atoms with Gasteiger partial charge in [-0.25, -0.2) is 0 Å². The third-order valence-electron chi connectivity index (χ3n) is 3.01. The standard InChI is InChI=1S/C13H15Cl2N3O/c1-8(14)12-16-17-13(19-12)18(3)9(2)10-4-6-11(15)7-5-10/h4-9H,1-3H3. The molecule has 2 atom stereocenters. The molecule has 2 unspecified atom stereocenters. The normalized spacial score (nSPS) is 14.2. The highest BCUT2D eigenvalue weighted by atomic mass is 35.5. The Morgan fingerprint density at radius 2 is 1.79 bits per heavy atom. The monoisotopic (exact) mass is 299 g/mol.